The van der Waals surface area contributed by atoms with Crippen LogP contribution in [0.2, 0.25) is 5.28 Å². The minimum atomic E-state index is -1.00. The fraction of sp³-hybridized carbons (Fsp3) is 0.0833. The highest BCUT2D eigenvalue weighted by molar-refractivity contribution is 6.28. The molecular weight excluding hydrogens is 289 g/mol. The maximum absolute atomic E-state index is 11.1. The lowest BCUT2D eigenvalue weighted by atomic mass is 10.2. The number of benzene rings is 1. The summed E-state index contributed by atoms with van der Waals surface area (Å²) in [6.45, 7) is 1.81. The molecule has 5 nitrogen and oxygen atoms in total. The predicted molar refractivity (Wildman–Crippen MR) is 75.7 cm³/mol. The Hall–Kier alpha value is -1.85. The van der Waals surface area contributed by atoms with Crippen LogP contribution in [0.4, 0.5) is 11.5 Å². The molecule has 1 aromatic carbocycles. The number of para-hydroxylation sites is 1. The van der Waals surface area contributed by atoms with Gasteiger partial charge in [0.1, 0.15) is 5.82 Å². The zero-order valence-electron chi connectivity index (χ0n) is 9.92. The van der Waals surface area contributed by atoms with Gasteiger partial charge in [-0.2, -0.15) is 0 Å². The molecule has 2 N–H and O–H groups in total. The summed E-state index contributed by atoms with van der Waals surface area (Å²) < 4.78 is 0. The van der Waals surface area contributed by atoms with Crippen molar-refractivity contribution in [2.75, 3.05) is 5.32 Å². The molecule has 0 amide bonds. The number of carboxylic acid groups (broad SMARTS) is 1. The van der Waals surface area contributed by atoms with Crippen molar-refractivity contribution in [2.45, 2.75) is 6.92 Å². The minimum absolute atomic E-state index is 0. The SMILES string of the molecule is Cc1cnc(Cl)nc1Nc1ccccc1C(=O)O.Cl. The van der Waals surface area contributed by atoms with Gasteiger partial charge in [0.2, 0.25) is 5.28 Å². The number of halogens is 2. The predicted octanol–water partition coefficient (Wildman–Crippen LogP) is 3.30. The molecule has 0 spiro atoms. The Bertz CT molecular complexity index is 605. The van der Waals surface area contributed by atoms with Crippen LogP contribution in [-0.4, -0.2) is 21.0 Å². The van der Waals surface area contributed by atoms with Crippen LogP contribution in [0.3, 0.4) is 0 Å². The lowest BCUT2D eigenvalue weighted by molar-refractivity contribution is 0.0698. The molecule has 0 aliphatic heterocycles. The molecule has 0 aliphatic rings. The molecule has 2 aromatic rings. The third kappa shape index (κ3) is 3.56. The summed E-state index contributed by atoms with van der Waals surface area (Å²) >= 11 is 5.71. The monoisotopic (exact) mass is 299 g/mol. The summed E-state index contributed by atoms with van der Waals surface area (Å²) in [5, 5.41) is 12.1. The molecule has 1 heterocycles. The fourth-order valence-corrected chi connectivity index (χ4v) is 1.59. The van der Waals surface area contributed by atoms with Gasteiger partial charge >= 0.3 is 5.97 Å². The first-order chi connectivity index (χ1) is 8.58. The molecular formula is C12H11Cl2N3O2. The summed E-state index contributed by atoms with van der Waals surface area (Å²) in [5.41, 5.74) is 1.41. The Morgan fingerprint density at radius 3 is 2.74 bits per heavy atom. The maximum atomic E-state index is 11.1. The number of hydrogen-bond donors (Lipinski definition) is 2. The smallest absolute Gasteiger partial charge is 0.337 e. The molecule has 0 atom stereocenters. The molecule has 0 bridgehead atoms. The summed E-state index contributed by atoms with van der Waals surface area (Å²) in [7, 11) is 0. The minimum Gasteiger partial charge on any atom is -0.478 e. The Morgan fingerprint density at radius 1 is 1.37 bits per heavy atom. The van der Waals surface area contributed by atoms with E-state index in [1.54, 1.807) is 24.4 Å². The number of rotatable bonds is 3. The number of aryl methyl sites for hydroxylation is 1. The van der Waals surface area contributed by atoms with Crippen LogP contribution >= 0.6 is 24.0 Å². The van der Waals surface area contributed by atoms with Crippen LogP contribution in [0.25, 0.3) is 0 Å². The maximum Gasteiger partial charge on any atom is 0.337 e. The average Bonchev–Trinajstić information content (AvgIpc) is 2.34. The number of aromatic carboxylic acids is 1. The van der Waals surface area contributed by atoms with Gasteiger partial charge in [-0.15, -0.1) is 12.4 Å². The van der Waals surface area contributed by atoms with Gasteiger partial charge in [-0.05, 0) is 30.7 Å². The Morgan fingerprint density at radius 2 is 2.05 bits per heavy atom. The lowest BCUT2D eigenvalue weighted by Gasteiger charge is -2.10. The van der Waals surface area contributed by atoms with E-state index in [9.17, 15) is 4.79 Å². The van der Waals surface area contributed by atoms with Crippen molar-refractivity contribution in [1.82, 2.24) is 9.97 Å². The molecule has 1 aromatic heterocycles. The second-order valence-corrected chi connectivity index (χ2v) is 3.98. The van der Waals surface area contributed by atoms with Gasteiger partial charge in [0.05, 0.1) is 11.3 Å². The Balaban J connectivity index is 0.00000180. The largest absolute Gasteiger partial charge is 0.478 e. The van der Waals surface area contributed by atoms with Crippen LogP contribution in [-0.2, 0) is 0 Å². The van der Waals surface area contributed by atoms with E-state index >= 15 is 0 Å². The van der Waals surface area contributed by atoms with Crippen molar-refractivity contribution in [3.05, 3.63) is 46.9 Å². The van der Waals surface area contributed by atoms with Gasteiger partial charge < -0.3 is 10.4 Å². The van der Waals surface area contributed by atoms with Gasteiger partial charge in [0.25, 0.3) is 0 Å². The number of nitrogens with one attached hydrogen (secondary N) is 1. The van der Waals surface area contributed by atoms with Crippen molar-refractivity contribution in [3.8, 4) is 0 Å². The van der Waals surface area contributed by atoms with Crippen molar-refractivity contribution in [3.63, 3.8) is 0 Å². The van der Waals surface area contributed by atoms with E-state index in [-0.39, 0.29) is 23.3 Å². The van der Waals surface area contributed by atoms with Crippen LogP contribution < -0.4 is 5.32 Å². The highest BCUT2D eigenvalue weighted by atomic mass is 35.5. The number of nitrogens with zero attached hydrogens (tertiary/aromatic N) is 2. The first-order valence-corrected chi connectivity index (χ1v) is 5.54. The number of carboxylic acids is 1. The van der Waals surface area contributed by atoms with Crippen molar-refractivity contribution < 1.29 is 9.90 Å². The van der Waals surface area contributed by atoms with E-state index in [1.165, 1.54) is 6.07 Å². The quantitative estimate of drug-likeness (QED) is 0.851. The van der Waals surface area contributed by atoms with Gasteiger partial charge in [0, 0.05) is 11.8 Å². The second kappa shape index (κ2) is 6.36. The highest BCUT2D eigenvalue weighted by Crippen LogP contribution is 2.22. The van der Waals surface area contributed by atoms with E-state index in [0.29, 0.717) is 11.5 Å². The third-order valence-corrected chi connectivity index (χ3v) is 2.53. The summed E-state index contributed by atoms with van der Waals surface area (Å²) in [5.74, 6) is -0.514. The third-order valence-electron chi connectivity index (χ3n) is 2.35. The molecule has 0 fully saturated rings. The molecule has 100 valence electrons. The molecule has 0 saturated heterocycles. The van der Waals surface area contributed by atoms with Crippen LogP contribution in [0.1, 0.15) is 15.9 Å². The number of hydrogen-bond acceptors (Lipinski definition) is 4. The van der Waals surface area contributed by atoms with Gasteiger partial charge in [-0.1, -0.05) is 12.1 Å². The van der Waals surface area contributed by atoms with Gasteiger partial charge in [-0.3, -0.25) is 0 Å². The van der Waals surface area contributed by atoms with Crippen LogP contribution in [0.5, 0.6) is 0 Å². The zero-order chi connectivity index (χ0) is 13.1. The second-order valence-electron chi connectivity index (χ2n) is 3.65. The molecule has 0 saturated carbocycles. The summed E-state index contributed by atoms with van der Waals surface area (Å²) in [4.78, 5) is 18.9. The lowest BCUT2D eigenvalue weighted by Crippen LogP contribution is -2.04. The Labute approximate surface area is 121 Å². The molecule has 0 unspecified atom stereocenters. The van der Waals surface area contributed by atoms with Crippen LogP contribution in [0.15, 0.2) is 30.5 Å². The van der Waals surface area contributed by atoms with Gasteiger partial charge in [0.15, 0.2) is 0 Å². The van der Waals surface area contributed by atoms with E-state index in [2.05, 4.69) is 15.3 Å². The summed E-state index contributed by atoms with van der Waals surface area (Å²) in [6, 6.07) is 6.59. The first kappa shape index (κ1) is 15.2. The molecule has 19 heavy (non-hydrogen) atoms. The molecule has 0 radical (unpaired) electrons. The fourth-order valence-electron chi connectivity index (χ4n) is 1.45. The number of carbonyl (C=O) groups is 1. The molecule has 2 rings (SSSR count). The topological polar surface area (TPSA) is 75.1 Å². The Kier molecular flexibility index (Phi) is 5.09. The number of aromatic nitrogens is 2. The van der Waals surface area contributed by atoms with E-state index in [0.717, 1.165) is 5.56 Å². The normalized spacial score (nSPS) is 9.58. The van der Waals surface area contributed by atoms with E-state index < -0.39 is 5.97 Å². The van der Waals surface area contributed by atoms with Gasteiger partial charge in [-0.25, -0.2) is 14.8 Å². The zero-order valence-corrected chi connectivity index (χ0v) is 11.5. The first-order valence-electron chi connectivity index (χ1n) is 5.16. The average molecular weight is 300 g/mol. The van der Waals surface area contributed by atoms with E-state index in [4.69, 9.17) is 16.7 Å². The molecule has 7 heteroatoms. The van der Waals surface area contributed by atoms with Crippen molar-refractivity contribution >= 4 is 41.5 Å². The van der Waals surface area contributed by atoms with Crippen LogP contribution in [0, 0.1) is 6.92 Å². The summed E-state index contributed by atoms with van der Waals surface area (Å²) in [6.07, 6.45) is 1.57. The van der Waals surface area contributed by atoms with Crippen molar-refractivity contribution in [1.29, 1.82) is 0 Å². The highest BCUT2D eigenvalue weighted by Gasteiger charge is 2.11. The molecule has 0 aliphatic carbocycles. The number of anilines is 2. The van der Waals surface area contributed by atoms with E-state index in [1.807, 2.05) is 6.92 Å². The van der Waals surface area contributed by atoms with Crippen molar-refractivity contribution in [2.24, 2.45) is 0 Å². The standard InChI is InChI=1S/C12H10ClN3O2.ClH/c1-7-6-14-12(13)16-10(7)15-9-5-3-2-4-8(9)11(17)18;/h2-6H,1H3,(H,17,18)(H,14,15,16);1H.